The molecule has 0 saturated carbocycles. The second-order valence-corrected chi connectivity index (χ2v) is 10.3. The predicted octanol–water partition coefficient (Wildman–Crippen LogP) is 6.72. The van der Waals surface area contributed by atoms with E-state index in [4.69, 9.17) is 9.47 Å². The lowest BCUT2D eigenvalue weighted by atomic mass is 10.00. The Morgan fingerprint density at radius 3 is 2.16 bits per heavy atom. The van der Waals surface area contributed by atoms with Gasteiger partial charge in [-0.05, 0) is 35.4 Å². The fourth-order valence-corrected chi connectivity index (χ4v) is 5.13. The molecule has 2 N–H and O–H groups in total. The van der Waals surface area contributed by atoms with Gasteiger partial charge in [0, 0.05) is 17.7 Å². The predicted molar refractivity (Wildman–Crippen MR) is 149 cm³/mol. The van der Waals surface area contributed by atoms with E-state index >= 15 is 0 Å². The van der Waals surface area contributed by atoms with Gasteiger partial charge in [-0.2, -0.15) is 0 Å². The standard InChI is InChI=1S/C32H24F5N3O4/c33-26-25(27(34)29(36)30(37)28(26)35)31(42)39-20-11-9-19(10-12-20)32-43-21(14-40-16-38-22-3-1-2-4-23(22)40)13-24(44-32)18-7-5-17(15-41)6-8-18/h1-12,16,21,24,32,41H,13-15H2,(H,39,42)/t21-,24+,32+/m1/s1. The number of aromatic nitrogens is 2. The van der Waals surface area contributed by atoms with Crippen molar-refractivity contribution in [1.29, 1.82) is 0 Å². The molecule has 1 aromatic heterocycles. The lowest BCUT2D eigenvalue weighted by Gasteiger charge is -2.36. The summed E-state index contributed by atoms with van der Waals surface area (Å²) in [5.41, 5.74) is 2.42. The van der Waals surface area contributed by atoms with Crippen LogP contribution in [0.5, 0.6) is 0 Å². The molecule has 0 radical (unpaired) electrons. The Bertz CT molecular complexity index is 1800. The molecule has 0 unspecified atom stereocenters. The number of para-hydroxylation sites is 2. The fraction of sp³-hybridized carbons (Fsp3) is 0.188. The summed E-state index contributed by atoms with van der Waals surface area (Å²) in [4.78, 5) is 16.9. The number of carbonyl (C=O) groups excluding carboxylic acids is 1. The highest BCUT2D eigenvalue weighted by Crippen LogP contribution is 2.39. The van der Waals surface area contributed by atoms with Gasteiger partial charge in [-0.25, -0.2) is 26.9 Å². The number of aliphatic hydroxyl groups excluding tert-OH is 1. The maximum Gasteiger partial charge on any atom is 0.261 e. The van der Waals surface area contributed by atoms with Crippen LogP contribution in [0.2, 0.25) is 0 Å². The van der Waals surface area contributed by atoms with Crippen LogP contribution in [0.3, 0.4) is 0 Å². The summed E-state index contributed by atoms with van der Waals surface area (Å²) in [5, 5.41) is 11.6. The van der Waals surface area contributed by atoms with E-state index in [1.807, 2.05) is 53.1 Å². The Morgan fingerprint density at radius 2 is 1.48 bits per heavy atom. The lowest BCUT2D eigenvalue weighted by Crippen LogP contribution is -2.32. The van der Waals surface area contributed by atoms with Crippen molar-refractivity contribution in [1.82, 2.24) is 9.55 Å². The molecule has 1 amide bonds. The van der Waals surface area contributed by atoms with Crippen LogP contribution in [0.1, 0.15) is 45.9 Å². The van der Waals surface area contributed by atoms with Crippen LogP contribution in [0.25, 0.3) is 11.0 Å². The van der Waals surface area contributed by atoms with Crippen LogP contribution in [0, 0.1) is 29.1 Å². The van der Waals surface area contributed by atoms with Gasteiger partial charge in [0.2, 0.25) is 5.82 Å². The van der Waals surface area contributed by atoms with Crippen LogP contribution in [-0.4, -0.2) is 26.7 Å². The summed E-state index contributed by atoms with van der Waals surface area (Å²) in [6.45, 7) is 0.378. The Kier molecular flexibility index (Phi) is 8.13. The molecule has 6 rings (SSSR count). The van der Waals surface area contributed by atoms with E-state index < -0.39 is 46.8 Å². The molecule has 44 heavy (non-hydrogen) atoms. The van der Waals surface area contributed by atoms with Crippen molar-refractivity contribution in [3.63, 3.8) is 0 Å². The van der Waals surface area contributed by atoms with Gasteiger partial charge in [-0.15, -0.1) is 0 Å². The monoisotopic (exact) mass is 609 g/mol. The summed E-state index contributed by atoms with van der Waals surface area (Å²) in [6, 6.07) is 21.0. The highest BCUT2D eigenvalue weighted by atomic mass is 19.2. The van der Waals surface area contributed by atoms with Crippen molar-refractivity contribution in [3.05, 3.63) is 130 Å². The number of benzene rings is 4. The smallest absolute Gasteiger partial charge is 0.261 e. The van der Waals surface area contributed by atoms with Crippen molar-refractivity contribution in [2.24, 2.45) is 0 Å². The number of halogens is 5. The molecular formula is C32H24F5N3O4. The number of carbonyl (C=O) groups is 1. The van der Waals surface area contributed by atoms with E-state index in [0.29, 0.717) is 18.5 Å². The van der Waals surface area contributed by atoms with Gasteiger partial charge in [0.1, 0.15) is 5.56 Å². The van der Waals surface area contributed by atoms with Crippen molar-refractivity contribution < 1.29 is 41.3 Å². The molecule has 1 aliphatic heterocycles. The average molecular weight is 610 g/mol. The highest BCUT2D eigenvalue weighted by Gasteiger charge is 2.33. The van der Waals surface area contributed by atoms with E-state index in [-0.39, 0.29) is 24.5 Å². The fourth-order valence-electron chi connectivity index (χ4n) is 5.13. The van der Waals surface area contributed by atoms with E-state index in [9.17, 15) is 31.9 Å². The minimum atomic E-state index is -2.35. The van der Waals surface area contributed by atoms with Crippen molar-refractivity contribution in [3.8, 4) is 0 Å². The van der Waals surface area contributed by atoms with Gasteiger partial charge in [-0.1, -0.05) is 48.5 Å². The van der Waals surface area contributed by atoms with Gasteiger partial charge < -0.3 is 24.5 Å². The number of aliphatic hydroxyl groups is 1. The van der Waals surface area contributed by atoms with E-state index in [1.54, 1.807) is 18.5 Å². The molecule has 0 spiro atoms. The zero-order valence-electron chi connectivity index (χ0n) is 22.8. The molecule has 1 saturated heterocycles. The number of nitrogens with zero attached hydrogens (tertiary/aromatic N) is 2. The molecule has 7 nitrogen and oxygen atoms in total. The Labute approximate surface area is 247 Å². The Morgan fingerprint density at radius 1 is 0.841 bits per heavy atom. The largest absolute Gasteiger partial charge is 0.392 e. The molecule has 5 aromatic rings. The van der Waals surface area contributed by atoms with Gasteiger partial charge in [0.15, 0.2) is 29.6 Å². The van der Waals surface area contributed by atoms with Crippen LogP contribution < -0.4 is 5.32 Å². The molecule has 0 bridgehead atoms. The quantitative estimate of drug-likeness (QED) is 0.122. The second kappa shape index (κ2) is 12.2. The van der Waals surface area contributed by atoms with E-state index in [0.717, 1.165) is 22.2 Å². The Hall–Kier alpha value is -4.65. The molecule has 226 valence electrons. The van der Waals surface area contributed by atoms with Crippen LogP contribution in [0.15, 0.2) is 79.1 Å². The number of hydrogen-bond donors (Lipinski definition) is 2. The van der Waals surface area contributed by atoms with Crippen LogP contribution >= 0.6 is 0 Å². The molecule has 1 aliphatic rings. The first-order valence-corrected chi connectivity index (χ1v) is 13.6. The summed E-state index contributed by atoms with van der Waals surface area (Å²) >= 11 is 0. The Balaban J connectivity index is 1.24. The number of imidazole rings is 1. The first kappa shape index (κ1) is 29.4. The van der Waals surface area contributed by atoms with Gasteiger partial charge in [0.05, 0.1) is 42.7 Å². The molecule has 3 atom stereocenters. The highest BCUT2D eigenvalue weighted by molar-refractivity contribution is 6.04. The van der Waals surface area contributed by atoms with Crippen LogP contribution in [0.4, 0.5) is 27.6 Å². The summed E-state index contributed by atoms with van der Waals surface area (Å²) in [6.07, 6.45) is 0.701. The number of nitrogens with one attached hydrogen (secondary N) is 1. The minimum absolute atomic E-state index is 0.0380. The van der Waals surface area contributed by atoms with Crippen LogP contribution in [-0.2, 0) is 22.6 Å². The third-order valence-corrected chi connectivity index (χ3v) is 7.42. The SMILES string of the molecule is O=C(Nc1ccc([C@H]2O[C@@H](Cn3cnc4ccccc43)C[C@@H](c3ccc(CO)cc3)O2)cc1)c1c(F)c(F)c(F)c(F)c1F. The third-order valence-electron chi connectivity index (χ3n) is 7.42. The molecule has 12 heteroatoms. The maximum atomic E-state index is 14.1. The molecule has 1 fully saturated rings. The summed E-state index contributed by atoms with van der Waals surface area (Å²) in [7, 11) is 0. The lowest BCUT2D eigenvalue weighted by molar-refractivity contribution is -0.252. The normalized spacial score (nSPS) is 18.5. The van der Waals surface area contributed by atoms with E-state index in [1.165, 1.54) is 12.1 Å². The third kappa shape index (κ3) is 5.66. The number of fused-ring (bicyclic) bond motifs is 1. The number of hydrogen-bond acceptors (Lipinski definition) is 5. The summed E-state index contributed by atoms with van der Waals surface area (Å²) in [5.74, 6) is -12.7. The zero-order valence-corrected chi connectivity index (χ0v) is 22.8. The minimum Gasteiger partial charge on any atom is -0.392 e. The zero-order chi connectivity index (χ0) is 31.0. The molecule has 2 heterocycles. The first-order valence-electron chi connectivity index (χ1n) is 13.6. The topological polar surface area (TPSA) is 85.6 Å². The molecular weight excluding hydrogens is 585 g/mol. The summed E-state index contributed by atoms with van der Waals surface area (Å²) < 4.78 is 83.4. The maximum absolute atomic E-state index is 14.1. The van der Waals surface area contributed by atoms with Gasteiger partial charge in [-0.3, -0.25) is 4.79 Å². The van der Waals surface area contributed by atoms with Crippen molar-refractivity contribution in [2.45, 2.75) is 38.1 Å². The molecule has 0 aliphatic carbocycles. The van der Waals surface area contributed by atoms with Crippen molar-refractivity contribution in [2.75, 3.05) is 5.32 Å². The number of ether oxygens (including phenoxy) is 2. The van der Waals surface area contributed by atoms with Gasteiger partial charge in [0.25, 0.3) is 5.91 Å². The van der Waals surface area contributed by atoms with Crippen molar-refractivity contribution >= 4 is 22.6 Å². The van der Waals surface area contributed by atoms with Gasteiger partial charge >= 0.3 is 0 Å². The average Bonchev–Trinajstić information content (AvgIpc) is 3.45. The second-order valence-electron chi connectivity index (χ2n) is 10.3. The molecule has 4 aromatic carbocycles. The number of rotatable bonds is 7. The van der Waals surface area contributed by atoms with E-state index in [2.05, 4.69) is 10.3 Å². The number of anilines is 1. The first-order chi connectivity index (χ1) is 21.2. The number of amides is 1.